The Morgan fingerprint density at radius 2 is 1.95 bits per heavy atom. The predicted molar refractivity (Wildman–Crippen MR) is 91.5 cm³/mol. The van der Waals surface area contributed by atoms with E-state index >= 15 is 0 Å². The van der Waals surface area contributed by atoms with E-state index < -0.39 is 0 Å². The predicted octanol–water partition coefficient (Wildman–Crippen LogP) is 3.06. The first kappa shape index (κ1) is 18.6. The third-order valence-corrected chi connectivity index (χ3v) is 4.74. The topological polar surface area (TPSA) is 47.7 Å². The van der Waals surface area contributed by atoms with Gasteiger partial charge in [0, 0.05) is 23.6 Å². The molecule has 2 atom stereocenters. The molecule has 0 spiro atoms. The molecule has 0 radical (unpaired) electrons. The van der Waals surface area contributed by atoms with E-state index in [0.29, 0.717) is 5.92 Å². The number of nitrogens with zero attached hydrogens (tertiary/aromatic N) is 1. The number of rotatable bonds is 5. The number of hydrogen-bond donors (Lipinski definition) is 1. The van der Waals surface area contributed by atoms with E-state index in [4.69, 9.17) is 15.2 Å². The van der Waals surface area contributed by atoms with Gasteiger partial charge in [-0.3, -0.25) is 4.90 Å². The number of benzene rings is 1. The largest absolute Gasteiger partial charge is 0.493 e. The molecule has 1 aliphatic rings. The van der Waals surface area contributed by atoms with Crippen LogP contribution in [0.25, 0.3) is 0 Å². The first-order chi connectivity index (χ1) is 9.55. The lowest BCUT2D eigenvalue weighted by Crippen LogP contribution is -2.29. The molecule has 1 aromatic carbocycles. The maximum Gasteiger partial charge on any atom is 0.161 e. The van der Waals surface area contributed by atoms with Gasteiger partial charge in [0.05, 0.1) is 14.2 Å². The van der Waals surface area contributed by atoms with Gasteiger partial charge in [-0.15, -0.1) is 12.4 Å². The highest BCUT2D eigenvalue weighted by Crippen LogP contribution is 2.34. The number of halogens is 2. The van der Waals surface area contributed by atoms with E-state index in [-0.39, 0.29) is 18.4 Å². The first-order valence-corrected chi connectivity index (χ1v) is 7.72. The van der Waals surface area contributed by atoms with Crippen molar-refractivity contribution in [2.45, 2.75) is 25.9 Å². The van der Waals surface area contributed by atoms with Crippen LogP contribution in [-0.2, 0) is 6.54 Å². The fourth-order valence-electron chi connectivity index (χ4n) is 2.69. The molecule has 2 unspecified atom stereocenters. The van der Waals surface area contributed by atoms with Crippen molar-refractivity contribution in [2.24, 2.45) is 11.7 Å². The number of nitrogens with two attached hydrogens (primary N) is 1. The summed E-state index contributed by atoms with van der Waals surface area (Å²) in [5.74, 6) is 2.13. The van der Waals surface area contributed by atoms with Gasteiger partial charge in [-0.2, -0.15) is 0 Å². The fourth-order valence-corrected chi connectivity index (χ4v) is 3.14. The van der Waals surface area contributed by atoms with Crippen LogP contribution < -0.4 is 15.2 Å². The van der Waals surface area contributed by atoms with Crippen molar-refractivity contribution in [1.29, 1.82) is 0 Å². The van der Waals surface area contributed by atoms with Crippen LogP contribution in [-0.4, -0.2) is 38.3 Å². The van der Waals surface area contributed by atoms with Crippen molar-refractivity contribution in [3.63, 3.8) is 0 Å². The zero-order valence-electron chi connectivity index (χ0n) is 12.8. The Labute approximate surface area is 141 Å². The van der Waals surface area contributed by atoms with Gasteiger partial charge < -0.3 is 15.2 Å². The van der Waals surface area contributed by atoms with Gasteiger partial charge >= 0.3 is 0 Å². The molecular weight excluding hydrogens is 356 g/mol. The van der Waals surface area contributed by atoms with Gasteiger partial charge in [0.2, 0.25) is 0 Å². The van der Waals surface area contributed by atoms with Crippen LogP contribution in [0, 0.1) is 5.92 Å². The Hall–Kier alpha value is -0.490. The van der Waals surface area contributed by atoms with Crippen molar-refractivity contribution in [1.82, 2.24) is 4.90 Å². The molecule has 1 fully saturated rings. The summed E-state index contributed by atoms with van der Waals surface area (Å²) in [4.78, 5) is 2.44. The molecule has 1 heterocycles. The van der Waals surface area contributed by atoms with E-state index in [9.17, 15) is 0 Å². The van der Waals surface area contributed by atoms with E-state index in [1.54, 1.807) is 14.2 Å². The van der Waals surface area contributed by atoms with E-state index in [2.05, 4.69) is 27.8 Å². The van der Waals surface area contributed by atoms with Gasteiger partial charge in [0.1, 0.15) is 0 Å². The fraction of sp³-hybridized carbons (Fsp3) is 0.600. The summed E-state index contributed by atoms with van der Waals surface area (Å²) in [6.45, 7) is 5.18. The molecule has 21 heavy (non-hydrogen) atoms. The third kappa shape index (κ3) is 4.49. The average Bonchev–Trinajstić information content (AvgIpc) is 2.89. The molecule has 0 saturated carbocycles. The van der Waals surface area contributed by atoms with Crippen LogP contribution in [0.5, 0.6) is 11.5 Å². The standard InChI is InChI=1S/C15H23BrN2O2.ClH/c1-10(17)11-4-5-18(8-11)9-12-6-14(19-2)15(20-3)7-13(12)16;/h6-7,10-11H,4-5,8-9,17H2,1-3H3;1H. The summed E-state index contributed by atoms with van der Waals surface area (Å²) in [5, 5.41) is 0. The van der Waals surface area contributed by atoms with Crippen LogP contribution >= 0.6 is 28.3 Å². The van der Waals surface area contributed by atoms with Crippen molar-refractivity contribution in [3.05, 3.63) is 22.2 Å². The monoisotopic (exact) mass is 378 g/mol. The Morgan fingerprint density at radius 1 is 1.33 bits per heavy atom. The lowest BCUT2D eigenvalue weighted by atomic mass is 10.0. The molecule has 1 aliphatic heterocycles. The highest BCUT2D eigenvalue weighted by molar-refractivity contribution is 9.10. The Morgan fingerprint density at radius 3 is 2.48 bits per heavy atom. The molecule has 2 N–H and O–H groups in total. The Balaban J connectivity index is 0.00000220. The van der Waals surface area contributed by atoms with Gasteiger partial charge in [-0.1, -0.05) is 15.9 Å². The second-order valence-electron chi connectivity index (χ2n) is 5.44. The summed E-state index contributed by atoms with van der Waals surface area (Å²) < 4.78 is 11.7. The zero-order chi connectivity index (χ0) is 14.7. The highest BCUT2D eigenvalue weighted by Gasteiger charge is 2.25. The second-order valence-corrected chi connectivity index (χ2v) is 6.30. The summed E-state index contributed by atoms with van der Waals surface area (Å²) >= 11 is 3.62. The minimum absolute atomic E-state index is 0. The lowest BCUT2D eigenvalue weighted by molar-refractivity contribution is 0.306. The Kier molecular flexibility index (Phi) is 7.27. The van der Waals surface area contributed by atoms with Crippen molar-refractivity contribution in [2.75, 3.05) is 27.3 Å². The summed E-state index contributed by atoms with van der Waals surface area (Å²) in [7, 11) is 3.31. The SMILES string of the molecule is COc1cc(Br)c(CN2CCC(C(C)N)C2)cc1OC.Cl. The molecular formula is C15H24BrClN2O2. The maximum absolute atomic E-state index is 5.99. The lowest BCUT2D eigenvalue weighted by Gasteiger charge is -2.19. The van der Waals surface area contributed by atoms with Gasteiger partial charge in [-0.05, 0) is 43.5 Å². The molecule has 0 aromatic heterocycles. The van der Waals surface area contributed by atoms with Gasteiger partial charge in [0.25, 0.3) is 0 Å². The quantitative estimate of drug-likeness (QED) is 0.854. The van der Waals surface area contributed by atoms with Crippen molar-refractivity contribution >= 4 is 28.3 Å². The summed E-state index contributed by atoms with van der Waals surface area (Å²) in [6.07, 6.45) is 1.18. The van der Waals surface area contributed by atoms with E-state index in [1.807, 2.05) is 12.1 Å². The molecule has 120 valence electrons. The molecule has 1 saturated heterocycles. The molecule has 0 aliphatic carbocycles. The van der Waals surface area contributed by atoms with E-state index in [0.717, 1.165) is 35.6 Å². The molecule has 2 rings (SSSR count). The maximum atomic E-state index is 5.99. The van der Waals surface area contributed by atoms with Crippen LogP contribution in [0.15, 0.2) is 16.6 Å². The second kappa shape index (κ2) is 8.22. The van der Waals surface area contributed by atoms with Crippen molar-refractivity contribution < 1.29 is 9.47 Å². The van der Waals surface area contributed by atoms with Crippen LogP contribution in [0.1, 0.15) is 18.9 Å². The first-order valence-electron chi connectivity index (χ1n) is 6.93. The molecule has 6 heteroatoms. The highest BCUT2D eigenvalue weighted by atomic mass is 79.9. The van der Waals surface area contributed by atoms with Crippen LogP contribution in [0.4, 0.5) is 0 Å². The normalized spacial score (nSPS) is 20.0. The minimum atomic E-state index is 0. The number of hydrogen-bond acceptors (Lipinski definition) is 4. The van der Waals surface area contributed by atoms with Gasteiger partial charge in [-0.25, -0.2) is 0 Å². The molecule has 4 nitrogen and oxygen atoms in total. The van der Waals surface area contributed by atoms with Gasteiger partial charge in [0.15, 0.2) is 11.5 Å². The summed E-state index contributed by atoms with van der Waals surface area (Å²) in [6, 6.07) is 4.28. The average molecular weight is 380 g/mol. The number of ether oxygens (including phenoxy) is 2. The Bertz CT molecular complexity index is 471. The third-order valence-electron chi connectivity index (χ3n) is 4.00. The van der Waals surface area contributed by atoms with E-state index in [1.165, 1.54) is 12.0 Å². The van der Waals surface area contributed by atoms with Crippen LogP contribution in [0.3, 0.4) is 0 Å². The summed E-state index contributed by atoms with van der Waals surface area (Å²) in [5.41, 5.74) is 7.21. The number of methoxy groups -OCH3 is 2. The number of likely N-dealkylation sites (tertiary alicyclic amines) is 1. The molecule has 0 bridgehead atoms. The zero-order valence-corrected chi connectivity index (χ0v) is 15.2. The molecule has 0 amide bonds. The van der Waals surface area contributed by atoms with Crippen LogP contribution in [0.2, 0.25) is 0 Å². The smallest absolute Gasteiger partial charge is 0.161 e. The molecule has 1 aromatic rings. The van der Waals surface area contributed by atoms with Crippen molar-refractivity contribution in [3.8, 4) is 11.5 Å². The minimum Gasteiger partial charge on any atom is -0.493 e.